The lowest BCUT2D eigenvalue weighted by atomic mass is 10.0. The number of methoxy groups -OCH3 is 1. The molecule has 1 aromatic carbocycles. The van der Waals surface area contributed by atoms with Gasteiger partial charge in [-0.05, 0) is 18.6 Å². The second-order valence-electron chi connectivity index (χ2n) is 3.01. The summed E-state index contributed by atoms with van der Waals surface area (Å²) < 4.78 is 5.11. The fraction of sp³-hybridized carbons (Fsp3) is 0.273. The van der Waals surface area contributed by atoms with Gasteiger partial charge in [0.2, 0.25) is 0 Å². The van der Waals surface area contributed by atoms with Gasteiger partial charge < -0.3 is 4.74 Å². The molecule has 1 aromatic rings. The third-order valence-corrected chi connectivity index (χ3v) is 2.60. The topological polar surface area (TPSA) is 50.1 Å². The molecule has 4 heteroatoms. The highest BCUT2D eigenvalue weighted by Gasteiger charge is 2.17. The van der Waals surface area contributed by atoms with Gasteiger partial charge in [-0.1, -0.05) is 22.0 Å². The number of aryl methyl sites for hydroxylation is 1. The maximum atomic E-state index is 11.6. The molecule has 0 aromatic heterocycles. The Morgan fingerprint density at radius 3 is 2.73 bits per heavy atom. The molecule has 0 aliphatic rings. The number of alkyl halides is 1. The lowest BCUT2D eigenvalue weighted by molar-refractivity contribution is 0.102. The zero-order valence-corrected chi connectivity index (χ0v) is 10.1. The monoisotopic (exact) mass is 267 g/mol. The van der Waals surface area contributed by atoms with Gasteiger partial charge in [0.1, 0.15) is 11.8 Å². The van der Waals surface area contributed by atoms with Gasteiger partial charge in [0.25, 0.3) is 0 Å². The first-order valence-corrected chi connectivity index (χ1v) is 5.44. The van der Waals surface area contributed by atoms with Gasteiger partial charge in [-0.25, -0.2) is 0 Å². The molecule has 0 unspecified atom stereocenters. The summed E-state index contributed by atoms with van der Waals surface area (Å²) in [5.41, 5.74) is 1.68. The molecule has 0 aliphatic heterocycles. The highest BCUT2D eigenvalue weighted by atomic mass is 79.9. The summed E-state index contributed by atoms with van der Waals surface area (Å²) in [7, 11) is 1.46. The van der Waals surface area contributed by atoms with E-state index in [0.29, 0.717) is 16.9 Å². The van der Waals surface area contributed by atoms with E-state index in [1.54, 1.807) is 12.1 Å². The second kappa shape index (κ2) is 4.94. The summed E-state index contributed by atoms with van der Waals surface area (Å²) in [6.07, 6.45) is 0. The number of ether oxygens (including phenoxy) is 1. The lowest BCUT2D eigenvalue weighted by Crippen LogP contribution is -2.07. The number of nitrogens with zero attached hydrogens (tertiary/aromatic N) is 1. The first-order chi connectivity index (χ1) is 7.15. The van der Waals surface area contributed by atoms with Crippen LogP contribution in [0.15, 0.2) is 12.1 Å². The number of hydrogen-bond acceptors (Lipinski definition) is 3. The Morgan fingerprint density at radius 1 is 1.60 bits per heavy atom. The Balaban J connectivity index is 3.47. The number of carbonyl (C=O) groups excluding carboxylic acids is 1. The SMILES string of the molecule is COc1c(C#N)ccc(C)c1C(=O)CBr. The van der Waals surface area contributed by atoms with E-state index in [1.807, 2.05) is 13.0 Å². The van der Waals surface area contributed by atoms with Gasteiger partial charge in [0.05, 0.1) is 23.6 Å². The van der Waals surface area contributed by atoms with Crippen LogP contribution in [0.3, 0.4) is 0 Å². The number of nitriles is 1. The van der Waals surface area contributed by atoms with Crippen molar-refractivity contribution in [1.82, 2.24) is 0 Å². The molecule has 0 heterocycles. The molecule has 0 amide bonds. The van der Waals surface area contributed by atoms with Crippen LogP contribution >= 0.6 is 15.9 Å². The van der Waals surface area contributed by atoms with Gasteiger partial charge in [-0.2, -0.15) is 5.26 Å². The normalized spacial score (nSPS) is 9.47. The van der Waals surface area contributed by atoms with Crippen LogP contribution in [0.2, 0.25) is 0 Å². The van der Waals surface area contributed by atoms with Crippen molar-refractivity contribution < 1.29 is 9.53 Å². The summed E-state index contributed by atoms with van der Waals surface area (Å²) in [6, 6.07) is 5.40. The van der Waals surface area contributed by atoms with Crippen LogP contribution < -0.4 is 4.74 Å². The molecule has 0 N–H and O–H groups in total. The maximum absolute atomic E-state index is 11.6. The van der Waals surface area contributed by atoms with Crippen LogP contribution in [-0.2, 0) is 0 Å². The van der Waals surface area contributed by atoms with Gasteiger partial charge in [0, 0.05) is 0 Å². The zero-order chi connectivity index (χ0) is 11.4. The minimum atomic E-state index is -0.0820. The lowest BCUT2D eigenvalue weighted by Gasteiger charge is -2.10. The van der Waals surface area contributed by atoms with Crippen LogP contribution in [0.4, 0.5) is 0 Å². The second-order valence-corrected chi connectivity index (χ2v) is 3.57. The third-order valence-electron chi connectivity index (χ3n) is 2.09. The molecule has 0 aliphatic carbocycles. The average Bonchev–Trinajstić information content (AvgIpc) is 2.27. The maximum Gasteiger partial charge on any atom is 0.177 e. The summed E-state index contributed by atoms with van der Waals surface area (Å²) in [4.78, 5) is 11.6. The van der Waals surface area contributed by atoms with Crippen molar-refractivity contribution in [3.05, 3.63) is 28.8 Å². The summed E-state index contributed by atoms with van der Waals surface area (Å²) >= 11 is 3.11. The van der Waals surface area contributed by atoms with Crippen LogP contribution in [-0.4, -0.2) is 18.2 Å². The van der Waals surface area contributed by atoms with Crippen LogP contribution in [0.1, 0.15) is 21.5 Å². The Kier molecular flexibility index (Phi) is 3.87. The molecular weight excluding hydrogens is 258 g/mol. The molecule has 0 saturated carbocycles. The standard InChI is InChI=1S/C11H10BrNO2/c1-7-3-4-8(6-13)11(15-2)10(7)9(14)5-12/h3-4H,5H2,1-2H3. The minimum Gasteiger partial charge on any atom is -0.495 e. The van der Waals surface area contributed by atoms with E-state index >= 15 is 0 Å². The number of ketones is 1. The van der Waals surface area contributed by atoms with Gasteiger partial charge in [-0.15, -0.1) is 0 Å². The summed E-state index contributed by atoms with van der Waals surface area (Å²) in [5, 5.41) is 9.09. The van der Waals surface area contributed by atoms with Crippen LogP contribution in [0, 0.1) is 18.3 Å². The van der Waals surface area contributed by atoms with Crippen molar-refractivity contribution in [2.45, 2.75) is 6.92 Å². The van der Waals surface area contributed by atoms with Gasteiger partial charge in [0.15, 0.2) is 5.78 Å². The molecular formula is C11H10BrNO2. The van der Waals surface area contributed by atoms with E-state index in [1.165, 1.54) is 7.11 Å². The highest BCUT2D eigenvalue weighted by molar-refractivity contribution is 9.09. The third kappa shape index (κ3) is 2.18. The molecule has 0 saturated heterocycles. The van der Waals surface area contributed by atoms with Crippen molar-refractivity contribution in [2.24, 2.45) is 0 Å². The van der Waals surface area contributed by atoms with E-state index in [-0.39, 0.29) is 11.1 Å². The predicted molar refractivity (Wildman–Crippen MR) is 60.6 cm³/mol. The minimum absolute atomic E-state index is 0.0820. The summed E-state index contributed by atoms with van der Waals surface area (Å²) in [5.74, 6) is 0.281. The molecule has 15 heavy (non-hydrogen) atoms. The Bertz CT molecular complexity index is 435. The van der Waals surface area contributed by atoms with Crippen molar-refractivity contribution in [3.63, 3.8) is 0 Å². The van der Waals surface area contributed by atoms with E-state index in [2.05, 4.69) is 15.9 Å². The fourth-order valence-electron chi connectivity index (χ4n) is 1.39. The first-order valence-electron chi connectivity index (χ1n) is 4.32. The quantitative estimate of drug-likeness (QED) is 0.625. The first kappa shape index (κ1) is 11.7. The predicted octanol–water partition coefficient (Wildman–Crippen LogP) is 2.45. The van der Waals surface area contributed by atoms with Gasteiger partial charge >= 0.3 is 0 Å². The van der Waals surface area contributed by atoms with E-state index in [9.17, 15) is 4.79 Å². The largest absolute Gasteiger partial charge is 0.495 e. The number of carbonyl (C=O) groups is 1. The Hall–Kier alpha value is -1.34. The number of Topliss-reactive ketones (excluding diaryl/α,β-unsaturated/α-hetero) is 1. The molecule has 0 atom stereocenters. The van der Waals surface area contributed by atoms with Crippen molar-refractivity contribution in [1.29, 1.82) is 5.26 Å². The smallest absolute Gasteiger partial charge is 0.177 e. The Morgan fingerprint density at radius 2 is 2.27 bits per heavy atom. The average molecular weight is 268 g/mol. The zero-order valence-electron chi connectivity index (χ0n) is 8.50. The highest BCUT2D eigenvalue weighted by Crippen LogP contribution is 2.27. The van der Waals surface area contributed by atoms with Crippen LogP contribution in [0.25, 0.3) is 0 Å². The molecule has 1 rings (SSSR count). The summed E-state index contributed by atoms with van der Waals surface area (Å²) in [6.45, 7) is 1.82. The van der Waals surface area contributed by atoms with Crippen LogP contribution in [0.5, 0.6) is 5.75 Å². The van der Waals surface area contributed by atoms with Crippen molar-refractivity contribution in [2.75, 3.05) is 12.4 Å². The van der Waals surface area contributed by atoms with E-state index < -0.39 is 0 Å². The molecule has 0 radical (unpaired) electrons. The fourth-order valence-corrected chi connectivity index (χ4v) is 1.67. The molecule has 0 spiro atoms. The van der Waals surface area contributed by atoms with E-state index in [0.717, 1.165) is 5.56 Å². The van der Waals surface area contributed by atoms with E-state index in [4.69, 9.17) is 10.00 Å². The molecule has 78 valence electrons. The van der Waals surface area contributed by atoms with Gasteiger partial charge in [-0.3, -0.25) is 4.79 Å². The number of rotatable bonds is 3. The number of benzene rings is 1. The molecule has 0 bridgehead atoms. The number of halogens is 1. The molecule has 0 fully saturated rings. The Labute approximate surface area is 96.8 Å². The number of hydrogen-bond donors (Lipinski definition) is 0. The molecule has 3 nitrogen and oxygen atoms in total. The van der Waals surface area contributed by atoms with Crippen molar-refractivity contribution >= 4 is 21.7 Å². The van der Waals surface area contributed by atoms with Crippen molar-refractivity contribution in [3.8, 4) is 11.8 Å².